The van der Waals surface area contributed by atoms with E-state index in [0.29, 0.717) is 24.6 Å². The summed E-state index contributed by atoms with van der Waals surface area (Å²) in [5.74, 6) is 0.599. The Balaban J connectivity index is 1.43. The monoisotopic (exact) mass is 389 g/mol. The number of fused-ring (bicyclic) bond motifs is 2. The largest absolute Gasteiger partial charge is 0.348 e. The Morgan fingerprint density at radius 3 is 2.59 bits per heavy atom. The third-order valence-electron chi connectivity index (χ3n) is 6.46. The van der Waals surface area contributed by atoms with Crippen molar-refractivity contribution in [1.29, 1.82) is 0 Å². The minimum Gasteiger partial charge on any atom is -0.348 e. The number of nitrogens with zero attached hydrogens (tertiary/aromatic N) is 3. The van der Waals surface area contributed by atoms with E-state index in [2.05, 4.69) is 15.0 Å². The van der Waals surface area contributed by atoms with Crippen molar-refractivity contribution in [3.63, 3.8) is 0 Å². The van der Waals surface area contributed by atoms with Gasteiger partial charge in [0.2, 0.25) is 0 Å². The molecule has 2 aliphatic rings. The lowest BCUT2D eigenvalue weighted by Gasteiger charge is -2.39. The second-order valence-electron chi connectivity index (χ2n) is 8.06. The molecule has 7 nitrogen and oxygen atoms in total. The first-order valence-electron chi connectivity index (χ1n) is 10.1. The van der Waals surface area contributed by atoms with Crippen LogP contribution in [0.15, 0.2) is 41.5 Å². The molecule has 1 aromatic carbocycles. The molecule has 1 amide bonds. The second-order valence-corrected chi connectivity index (χ2v) is 8.06. The number of carbonyl (C=O) groups is 1. The van der Waals surface area contributed by atoms with Gasteiger partial charge in [-0.15, -0.1) is 0 Å². The number of nitrogens with one attached hydrogen (secondary N) is 2. The van der Waals surface area contributed by atoms with Gasteiger partial charge in [0, 0.05) is 35.3 Å². The van der Waals surface area contributed by atoms with Gasteiger partial charge in [-0.1, -0.05) is 30.3 Å². The summed E-state index contributed by atoms with van der Waals surface area (Å²) in [5.41, 5.74) is 3.80. The van der Waals surface area contributed by atoms with Crippen LogP contribution in [-0.2, 0) is 11.8 Å². The maximum absolute atomic E-state index is 12.8. The Hall–Kier alpha value is -3.22. The molecule has 0 radical (unpaired) electrons. The maximum Gasteiger partial charge on any atom is 0.274 e. The van der Waals surface area contributed by atoms with Crippen molar-refractivity contribution in [3.05, 3.63) is 69.7 Å². The molecule has 0 saturated carbocycles. The number of carbonyl (C=O) groups excluding carboxylic acids is 1. The average Bonchev–Trinajstić information content (AvgIpc) is 3.33. The fourth-order valence-electron chi connectivity index (χ4n) is 4.73. The molecule has 2 aromatic heterocycles. The number of likely N-dealkylation sites (tertiary alicyclic amines) is 1. The van der Waals surface area contributed by atoms with E-state index in [1.807, 2.05) is 42.2 Å². The summed E-state index contributed by atoms with van der Waals surface area (Å²) < 4.78 is 0. The quantitative estimate of drug-likeness (QED) is 0.704. The van der Waals surface area contributed by atoms with Gasteiger partial charge in [0.1, 0.15) is 11.5 Å². The Morgan fingerprint density at radius 2 is 1.90 bits per heavy atom. The van der Waals surface area contributed by atoms with E-state index < -0.39 is 0 Å². The Bertz CT molecular complexity index is 1120. The third kappa shape index (κ3) is 2.88. The number of hydrogen-bond acceptors (Lipinski definition) is 4. The summed E-state index contributed by atoms with van der Waals surface area (Å²) in [6.07, 6.45) is 4.86. The van der Waals surface area contributed by atoms with Gasteiger partial charge in [0.15, 0.2) is 0 Å². The highest BCUT2D eigenvalue weighted by atomic mass is 16.2. The molecule has 0 atom stereocenters. The third-order valence-corrected chi connectivity index (χ3v) is 6.46. The molecule has 2 N–H and O–H groups in total. The van der Waals surface area contributed by atoms with E-state index in [-0.39, 0.29) is 16.9 Å². The highest BCUT2D eigenvalue weighted by Crippen LogP contribution is 2.44. The molecule has 148 valence electrons. The molecule has 7 heteroatoms. The van der Waals surface area contributed by atoms with Crippen LogP contribution in [0, 0.1) is 6.92 Å². The van der Waals surface area contributed by atoms with Crippen molar-refractivity contribution in [1.82, 2.24) is 24.8 Å². The number of hydrogen-bond donors (Lipinski definition) is 2. The van der Waals surface area contributed by atoms with Crippen LogP contribution >= 0.6 is 0 Å². The lowest BCUT2D eigenvalue weighted by atomic mass is 9.76. The summed E-state index contributed by atoms with van der Waals surface area (Å²) in [6.45, 7) is 3.17. The molecule has 1 aliphatic heterocycles. The van der Waals surface area contributed by atoms with Crippen LogP contribution in [0.3, 0.4) is 0 Å². The molecule has 3 heterocycles. The van der Waals surface area contributed by atoms with Gasteiger partial charge >= 0.3 is 0 Å². The van der Waals surface area contributed by atoms with Crippen LogP contribution in [0.2, 0.25) is 0 Å². The van der Waals surface area contributed by atoms with Crippen LogP contribution in [-0.4, -0.2) is 43.8 Å². The van der Waals surface area contributed by atoms with Crippen molar-refractivity contribution in [2.75, 3.05) is 13.1 Å². The van der Waals surface area contributed by atoms with Crippen molar-refractivity contribution in [2.45, 2.75) is 38.0 Å². The average molecular weight is 389 g/mol. The van der Waals surface area contributed by atoms with Gasteiger partial charge in [-0.25, -0.2) is 9.97 Å². The summed E-state index contributed by atoms with van der Waals surface area (Å²) in [6, 6.07) is 9.75. The van der Waals surface area contributed by atoms with Gasteiger partial charge in [-0.3, -0.25) is 9.59 Å². The number of rotatable bonds is 2. The van der Waals surface area contributed by atoms with E-state index in [1.165, 1.54) is 0 Å². The van der Waals surface area contributed by atoms with Crippen molar-refractivity contribution < 1.29 is 4.79 Å². The zero-order chi connectivity index (χ0) is 20.0. The van der Waals surface area contributed by atoms with Crippen LogP contribution < -0.4 is 5.56 Å². The van der Waals surface area contributed by atoms with E-state index in [4.69, 9.17) is 4.98 Å². The SMILES string of the molecule is Cc1[nH]cnc1C(=O)N1CCC2(CCc3c2nc(-c2ccccc2)[nH]c3=O)CC1. The number of aromatic nitrogens is 4. The lowest BCUT2D eigenvalue weighted by molar-refractivity contribution is 0.0657. The van der Waals surface area contributed by atoms with E-state index in [9.17, 15) is 9.59 Å². The highest BCUT2D eigenvalue weighted by Gasteiger charge is 2.45. The number of piperidine rings is 1. The predicted octanol–water partition coefficient (Wildman–Crippen LogP) is 2.59. The lowest BCUT2D eigenvalue weighted by Crippen LogP contribution is -2.45. The molecule has 29 heavy (non-hydrogen) atoms. The van der Waals surface area contributed by atoms with E-state index in [0.717, 1.165) is 48.2 Å². The minimum absolute atomic E-state index is 0.0272. The number of aryl methyl sites for hydroxylation is 1. The maximum atomic E-state index is 12.8. The fourth-order valence-corrected chi connectivity index (χ4v) is 4.73. The molecule has 3 aromatic rings. The Kier molecular flexibility index (Phi) is 4.12. The molecule has 1 fully saturated rings. The number of benzene rings is 1. The molecular formula is C22H23N5O2. The van der Waals surface area contributed by atoms with Crippen LogP contribution in [0.1, 0.15) is 46.7 Å². The van der Waals surface area contributed by atoms with Crippen LogP contribution in [0.4, 0.5) is 0 Å². The summed E-state index contributed by atoms with van der Waals surface area (Å²) in [4.78, 5) is 42.4. The van der Waals surface area contributed by atoms with Gasteiger partial charge in [0.25, 0.3) is 11.5 Å². The first-order valence-corrected chi connectivity index (χ1v) is 10.1. The van der Waals surface area contributed by atoms with Gasteiger partial charge in [-0.2, -0.15) is 0 Å². The first kappa shape index (κ1) is 17.8. The molecule has 1 spiro atoms. The van der Waals surface area contributed by atoms with Gasteiger partial charge in [0.05, 0.1) is 12.0 Å². The fraction of sp³-hybridized carbons (Fsp3) is 0.364. The second kappa shape index (κ2) is 6.69. The summed E-state index contributed by atoms with van der Waals surface area (Å²) in [5, 5.41) is 0. The van der Waals surface area contributed by atoms with Crippen LogP contribution in [0.25, 0.3) is 11.4 Å². The van der Waals surface area contributed by atoms with Crippen molar-refractivity contribution in [2.24, 2.45) is 0 Å². The number of amides is 1. The summed E-state index contributed by atoms with van der Waals surface area (Å²) in [7, 11) is 0. The molecule has 5 rings (SSSR count). The zero-order valence-electron chi connectivity index (χ0n) is 16.4. The highest BCUT2D eigenvalue weighted by molar-refractivity contribution is 5.93. The summed E-state index contributed by atoms with van der Waals surface area (Å²) >= 11 is 0. The number of aromatic amines is 2. The normalized spacial score (nSPS) is 17.5. The predicted molar refractivity (Wildman–Crippen MR) is 109 cm³/mol. The smallest absolute Gasteiger partial charge is 0.274 e. The number of imidazole rings is 1. The standard InChI is InChI=1S/C22H23N5O2/c1-14-17(24-13-23-14)21(29)27-11-9-22(10-12-27)8-7-16-18(22)25-19(26-20(16)28)15-5-3-2-4-6-15/h2-6,13H,7-12H2,1H3,(H,23,24)(H,25,26,28). The van der Waals surface area contributed by atoms with E-state index >= 15 is 0 Å². The molecular weight excluding hydrogens is 366 g/mol. The molecule has 0 unspecified atom stereocenters. The van der Waals surface area contributed by atoms with Gasteiger partial charge < -0.3 is 14.9 Å². The minimum atomic E-state index is -0.121. The number of H-pyrrole nitrogens is 2. The Morgan fingerprint density at radius 1 is 1.14 bits per heavy atom. The topological polar surface area (TPSA) is 94.7 Å². The molecule has 0 bridgehead atoms. The Labute approximate surface area is 168 Å². The zero-order valence-corrected chi connectivity index (χ0v) is 16.4. The van der Waals surface area contributed by atoms with Crippen molar-refractivity contribution >= 4 is 5.91 Å². The first-order chi connectivity index (χ1) is 14.1. The molecule has 1 saturated heterocycles. The molecule has 1 aliphatic carbocycles. The van der Waals surface area contributed by atoms with E-state index in [1.54, 1.807) is 6.33 Å². The van der Waals surface area contributed by atoms with Gasteiger partial charge in [-0.05, 0) is 32.6 Å². The van der Waals surface area contributed by atoms with Crippen molar-refractivity contribution in [3.8, 4) is 11.4 Å². The van der Waals surface area contributed by atoms with Crippen LogP contribution in [0.5, 0.6) is 0 Å².